The van der Waals surface area contributed by atoms with Gasteiger partial charge < -0.3 is 13.9 Å². The van der Waals surface area contributed by atoms with Crippen molar-refractivity contribution < 1.29 is 18.7 Å². The molecule has 4 rings (SSSR count). The minimum Gasteiger partial charge on any atom is -0.493 e. The van der Waals surface area contributed by atoms with Crippen molar-refractivity contribution in [3.8, 4) is 40.0 Å². The van der Waals surface area contributed by atoms with Crippen LogP contribution in [0.5, 0.6) is 11.5 Å². The van der Waals surface area contributed by atoms with Crippen molar-refractivity contribution >= 4 is 17.9 Å². The SMILES string of the molecule is COc1ccc(/C=C/C(=O)Nc2oc(-c3ccccc3)c(-c3ccccc3)c2C#N)cc1OC. The van der Waals surface area contributed by atoms with Gasteiger partial charge in [0.2, 0.25) is 5.88 Å². The van der Waals surface area contributed by atoms with E-state index >= 15 is 0 Å². The fourth-order valence-electron chi connectivity index (χ4n) is 3.58. The Balaban J connectivity index is 1.67. The largest absolute Gasteiger partial charge is 0.493 e. The molecule has 0 saturated heterocycles. The molecule has 0 aliphatic carbocycles. The molecule has 6 nitrogen and oxygen atoms in total. The highest BCUT2D eigenvalue weighted by Crippen LogP contribution is 2.41. The number of nitrogens with zero attached hydrogens (tertiary/aromatic N) is 1. The third-order valence-electron chi connectivity index (χ3n) is 5.19. The number of hydrogen-bond acceptors (Lipinski definition) is 5. The molecule has 0 radical (unpaired) electrons. The summed E-state index contributed by atoms with van der Waals surface area (Å²) in [6, 6.07) is 26.5. The van der Waals surface area contributed by atoms with E-state index in [-0.39, 0.29) is 11.4 Å². The number of amides is 1. The smallest absolute Gasteiger partial charge is 0.250 e. The van der Waals surface area contributed by atoms with E-state index in [9.17, 15) is 10.1 Å². The molecule has 4 aromatic rings. The van der Waals surface area contributed by atoms with Crippen LogP contribution in [0.15, 0.2) is 89.4 Å². The Morgan fingerprint density at radius 2 is 1.56 bits per heavy atom. The molecule has 0 spiro atoms. The number of anilines is 1. The lowest BCUT2D eigenvalue weighted by Crippen LogP contribution is -2.08. The van der Waals surface area contributed by atoms with Crippen LogP contribution in [0.1, 0.15) is 11.1 Å². The molecule has 1 aromatic heterocycles. The van der Waals surface area contributed by atoms with Crippen LogP contribution in [0.2, 0.25) is 0 Å². The number of rotatable bonds is 7. The van der Waals surface area contributed by atoms with Gasteiger partial charge in [-0.2, -0.15) is 5.26 Å². The lowest BCUT2D eigenvalue weighted by molar-refractivity contribution is -0.111. The molecule has 0 fully saturated rings. The number of ether oxygens (including phenoxy) is 2. The average molecular weight is 450 g/mol. The average Bonchev–Trinajstić information content (AvgIpc) is 3.26. The van der Waals surface area contributed by atoms with E-state index in [1.165, 1.54) is 6.08 Å². The number of carbonyl (C=O) groups excluding carboxylic acids is 1. The summed E-state index contributed by atoms with van der Waals surface area (Å²) in [4.78, 5) is 12.7. The van der Waals surface area contributed by atoms with E-state index in [0.717, 1.165) is 16.7 Å². The van der Waals surface area contributed by atoms with Gasteiger partial charge in [0, 0.05) is 17.2 Å². The van der Waals surface area contributed by atoms with Crippen molar-refractivity contribution in [1.29, 1.82) is 5.26 Å². The molecule has 3 aromatic carbocycles. The Morgan fingerprint density at radius 3 is 2.18 bits per heavy atom. The predicted molar refractivity (Wildman–Crippen MR) is 132 cm³/mol. The summed E-state index contributed by atoms with van der Waals surface area (Å²) in [5, 5.41) is 12.7. The van der Waals surface area contributed by atoms with Crippen LogP contribution < -0.4 is 14.8 Å². The molecular weight excluding hydrogens is 428 g/mol. The van der Waals surface area contributed by atoms with Gasteiger partial charge in [0.05, 0.1) is 14.2 Å². The van der Waals surface area contributed by atoms with Gasteiger partial charge in [-0.25, -0.2) is 0 Å². The summed E-state index contributed by atoms with van der Waals surface area (Å²) >= 11 is 0. The number of methoxy groups -OCH3 is 2. The van der Waals surface area contributed by atoms with Crippen LogP contribution >= 0.6 is 0 Å². The second-order valence-corrected chi connectivity index (χ2v) is 7.29. The monoisotopic (exact) mass is 450 g/mol. The van der Waals surface area contributed by atoms with Gasteiger partial charge in [-0.15, -0.1) is 0 Å². The zero-order valence-electron chi connectivity index (χ0n) is 18.7. The van der Waals surface area contributed by atoms with E-state index in [1.54, 1.807) is 38.5 Å². The lowest BCUT2D eigenvalue weighted by atomic mass is 9.98. The lowest BCUT2D eigenvalue weighted by Gasteiger charge is -2.07. The minimum absolute atomic E-state index is 0.0992. The molecule has 0 saturated carbocycles. The van der Waals surface area contributed by atoms with Crippen LogP contribution in [-0.4, -0.2) is 20.1 Å². The number of nitriles is 1. The van der Waals surface area contributed by atoms with E-state index in [0.29, 0.717) is 22.8 Å². The predicted octanol–water partition coefficient (Wildman–Crippen LogP) is 6.15. The fourth-order valence-corrected chi connectivity index (χ4v) is 3.58. The highest BCUT2D eigenvalue weighted by atomic mass is 16.5. The first-order chi connectivity index (χ1) is 16.6. The molecule has 1 amide bonds. The van der Waals surface area contributed by atoms with Crippen LogP contribution in [-0.2, 0) is 4.79 Å². The second-order valence-electron chi connectivity index (χ2n) is 7.29. The van der Waals surface area contributed by atoms with Gasteiger partial charge in [0.15, 0.2) is 11.5 Å². The Morgan fingerprint density at radius 1 is 0.912 bits per heavy atom. The molecular formula is C28H22N2O4. The third-order valence-corrected chi connectivity index (χ3v) is 5.19. The van der Waals surface area contributed by atoms with Gasteiger partial charge in [-0.05, 0) is 29.3 Å². The molecule has 0 bridgehead atoms. The first-order valence-electron chi connectivity index (χ1n) is 10.5. The molecule has 0 unspecified atom stereocenters. The standard InChI is InChI=1S/C28H22N2O4/c1-32-23-15-13-19(17-24(23)33-2)14-16-25(31)30-28-22(18-29)26(20-9-5-3-6-10-20)27(34-28)21-11-7-4-8-12-21/h3-17H,1-2H3,(H,30,31)/b16-14+. The van der Waals surface area contributed by atoms with E-state index in [2.05, 4.69) is 11.4 Å². The molecule has 1 heterocycles. The number of nitrogens with one attached hydrogen (secondary N) is 1. The Hall–Kier alpha value is -4.76. The molecule has 168 valence electrons. The summed E-state index contributed by atoms with van der Waals surface area (Å²) in [7, 11) is 3.11. The van der Waals surface area contributed by atoms with E-state index < -0.39 is 5.91 Å². The Labute approximate surface area is 197 Å². The normalized spacial score (nSPS) is 10.6. The van der Waals surface area contributed by atoms with Crippen LogP contribution in [0.4, 0.5) is 5.88 Å². The van der Waals surface area contributed by atoms with Gasteiger partial charge in [0.1, 0.15) is 17.4 Å². The van der Waals surface area contributed by atoms with Crippen LogP contribution in [0.3, 0.4) is 0 Å². The summed E-state index contributed by atoms with van der Waals surface area (Å²) in [5.41, 5.74) is 3.27. The van der Waals surface area contributed by atoms with Crippen molar-refractivity contribution in [3.63, 3.8) is 0 Å². The topological polar surface area (TPSA) is 84.5 Å². The fraction of sp³-hybridized carbons (Fsp3) is 0.0714. The Bertz CT molecular complexity index is 1370. The molecule has 1 N–H and O–H groups in total. The highest BCUT2D eigenvalue weighted by molar-refractivity contribution is 6.03. The number of hydrogen-bond donors (Lipinski definition) is 1. The number of furan rings is 1. The molecule has 6 heteroatoms. The van der Waals surface area contributed by atoms with Crippen molar-refractivity contribution in [2.24, 2.45) is 0 Å². The maximum atomic E-state index is 12.7. The van der Waals surface area contributed by atoms with Crippen molar-refractivity contribution in [2.75, 3.05) is 19.5 Å². The van der Waals surface area contributed by atoms with Crippen molar-refractivity contribution in [3.05, 3.63) is 96.1 Å². The zero-order valence-corrected chi connectivity index (χ0v) is 18.7. The summed E-state index contributed by atoms with van der Waals surface area (Å²) in [6.45, 7) is 0. The van der Waals surface area contributed by atoms with Gasteiger partial charge in [0.25, 0.3) is 5.91 Å². The van der Waals surface area contributed by atoms with Crippen LogP contribution in [0.25, 0.3) is 28.5 Å². The third kappa shape index (κ3) is 4.69. The van der Waals surface area contributed by atoms with E-state index in [4.69, 9.17) is 13.9 Å². The Kier molecular flexibility index (Phi) is 6.76. The highest BCUT2D eigenvalue weighted by Gasteiger charge is 2.23. The summed E-state index contributed by atoms with van der Waals surface area (Å²) in [5.74, 6) is 1.34. The quantitative estimate of drug-likeness (QED) is 0.341. The van der Waals surface area contributed by atoms with Gasteiger partial charge in [-0.3, -0.25) is 10.1 Å². The van der Waals surface area contributed by atoms with Crippen molar-refractivity contribution in [1.82, 2.24) is 0 Å². The second kappa shape index (κ2) is 10.2. The first kappa shape index (κ1) is 22.4. The zero-order chi connectivity index (χ0) is 23.9. The maximum Gasteiger partial charge on any atom is 0.250 e. The first-order valence-corrected chi connectivity index (χ1v) is 10.5. The molecule has 0 aliphatic rings. The van der Waals surface area contributed by atoms with Crippen molar-refractivity contribution in [2.45, 2.75) is 0 Å². The van der Waals surface area contributed by atoms with Gasteiger partial charge >= 0.3 is 0 Å². The van der Waals surface area contributed by atoms with Gasteiger partial charge in [-0.1, -0.05) is 66.7 Å². The molecule has 0 aliphatic heterocycles. The number of carbonyl (C=O) groups is 1. The number of benzene rings is 3. The minimum atomic E-state index is -0.431. The molecule has 34 heavy (non-hydrogen) atoms. The van der Waals surface area contributed by atoms with E-state index in [1.807, 2.05) is 60.7 Å². The molecule has 0 atom stereocenters. The van der Waals surface area contributed by atoms with Crippen LogP contribution in [0, 0.1) is 11.3 Å². The summed E-state index contributed by atoms with van der Waals surface area (Å²) in [6.07, 6.45) is 3.01. The summed E-state index contributed by atoms with van der Waals surface area (Å²) < 4.78 is 16.6. The maximum absolute atomic E-state index is 12.7.